The second-order valence-corrected chi connectivity index (χ2v) is 3.48. The minimum absolute atomic E-state index is 0.139. The standard InChI is InChI=1S/C4H11NO2.C4H10O2S/c6-3-1-5-2-4-7;5-1-3-7-4-2-6/h5-7H,1-4H2;5-6H,1-4H2. The second-order valence-electron chi connectivity index (χ2n) is 2.26. The summed E-state index contributed by atoms with van der Waals surface area (Å²) in [7, 11) is 0. The van der Waals surface area contributed by atoms with E-state index in [9.17, 15) is 0 Å². The van der Waals surface area contributed by atoms with Crippen LogP contribution in [-0.2, 0) is 0 Å². The SMILES string of the molecule is OCCNCCO.OCCSCCO. The van der Waals surface area contributed by atoms with E-state index < -0.39 is 0 Å². The summed E-state index contributed by atoms with van der Waals surface area (Å²) in [5.74, 6) is 1.47. The van der Waals surface area contributed by atoms with Gasteiger partial charge in [0.25, 0.3) is 0 Å². The quantitative estimate of drug-likeness (QED) is 0.316. The predicted octanol–water partition coefficient (Wildman–Crippen LogP) is -1.74. The molecule has 0 aromatic rings. The third-order valence-electron chi connectivity index (χ3n) is 1.05. The van der Waals surface area contributed by atoms with Crippen LogP contribution in [0.3, 0.4) is 0 Å². The van der Waals surface area contributed by atoms with Crippen LogP contribution in [0.15, 0.2) is 0 Å². The molecule has 0 rings (SSSR count). The fraction of sp³-hybridized carbons (Fsp3) is 1.00. The van der Waals surface area contributed by atoms with Crippen LogP contribution < -0.4 is 5.32 Å². The Hall–Kier alpha value is 0.150. The monoisotopic (exact) mass is 227 g/mol. The molecule has 0 aliphatic heterocycles. The maximum atomic E-state index is 8.19. The highest BCUT2D eigenvalue weighted by molar-refractivity contribution is 7.99. The fourth-order valence-corrected chi connectivity index (χ4v) is 0.977. The van der Waals surface area contributed by atoms with Crippen molar-refractivity contribution >= 4 is 11.8 Å². The Morgan fingerprint density at radius 1 is 0.714 bits per heavy atom. The van der Waals surface area contributed by atoms with E-state index >= 15 is 0 Å². The molecule has 14 heavy (non-hydrogen) atoms. The molecule has 0 fully saturated rings. The molecule has 0 saturated heterocycles. The van der Waals surface area contributed by atoms with Crippen LogP contribution in [0.5, 0.6) is 0 Å². The van der Waals surface area contributed by atoms with E-state index in [-0.39, 0.29) is 26.4 Å². The molecule has 0 atom stereocenters. The molecule has 0 aliphatic carbocycles. The van der Waals surface area contributed by atoms with E-state index in [0.717, 1.165) is 11.5 Å². The van der Waals surface area contributed by atoms with E-state index in [0.29, 0.717) is 13.1 Å². The second kappa shape index (κ2) is 18.8. The van der Waals surface area contributed by atoms with Gasteiger partial charge in [-0.15, -0.1) is 0 Å². The van der Waals surface area contributed by atoms with Gasteiger partial charge < -0.3 is 25.7 Å². The normalized spacial score (nSPS) is 9.43. The van der Waals surface area contributed by atoms with E-state index in [1.807, 2.05) is 0 Å². The highest BCUT2D eigenvalue weighted by atomic mass is 32.2. The maximum Gasteiger partial charge on any atom is 0.0555 e. The van der Waals surface area contributed by atoms with Crippen molar-refractivity contribution in [1.82, 2.24) is 5.32 Å². The van der Waals surface area contributed by atoms with Crippen molar-refractivity contribution < 1.29 is 20.4 Å². The number of nitrogens with one attached hydrogen (secondary N) is 1. The zero-order valence-electron chi connectivity index (χ0n) is 8.35. The van der Waals surface area contributed by atoms with Gasteiger partial charge in [-0.05, 0) is 0 Å². The molecule has 0 aromatic heterocycles. The molecule has 0 aliphatic rings. The molecule has 5 nitrogen and oxygen atoms in total. The minimum Gasteiger partial charge on any atom is -0.396 e. The van der Waals surface area contributed by atoms with Gasteiger partial charge in [-0.1, -0.05) is 0 Å². The molecule has 0 aromatic carbocycles. The third kappa shape index (κ3) is 22.7. The Labute approximate surface area is 89.1 Å². The van der Waals surface area contributed by atoms with Crippen molar-refractivity contribution in [2.24, 2.45) is 0 Å². The summed E-state index contributed by atoms with van der Waals surface area (Å²) < 4.78 is 0. The average molecular weight is 227 g/mol. The predicted molar refractivity (Wildman–Crippen MR) is 58.5 cm³/mol. The molecule has 0 radical (unpaired) electrons. The summed E-state index contributed by atoms with van der Waals surface area (Å²) in [6, 6.07) is 0. The summed E-state index contributed by atoms with van der Waals surface area (Å²) in [4.78, 5) is 0. The summed E-state index contributed by atoms with van der Waals surface area (Å²) in [5, 5.41) is 35.5. The van der Waals surface area contributed by atoms with Gasteiger partial charge in [-0.3, -0.25) is 0 Å². The molecular formula is C8H21NO4S. The Morgan fingerprint density at radius 3 is 1.43 bits per heavy atom. The number of rotatable bonds is 8. The van der Waals surface area contributed by atoms with Crippen molar-refractivity contribution in [3.05, 3.63) is 0 Å². The van der Waals surface area contributed by atoms with Crippen LogP contribution in [0.4, 0.5) is 0 Å². The molecule has 0 bridgehead atoms. The number of hydrogen-bond donors (Lipinski definition) is 5. The summed E-state index contributed by atoms with van der Waals surface area (Å²) in [5.41, 5.74) is 0. The van der Waals surface area contributed by atoms with Gasteiger partial charge in [0.2, 0.25) is 0 Å². The largest absolute Gasteiger partial charge is 0.396 e. The Bertz CT molecular complexity index is 69.7. The Kier molecular flexibility index (Phi) is 22.3. The van der Waals surface area contributed by atoms with Crippen molar-refractivity contribution in [2.45, 2.75) is 0 Å². The van der Waals surface area contributed by atoms with Crippen LogP contribution in [0.25, 0.3) is 0 Å². The lowest BCUT2D eigenvalue weighted by molar-refractivity contribution is 0.266. The van der Waals surface area contributed by atoms with Crippen molar-refractivity contribution in [3.8, 4) is 0 Å². The van der Waals surface area contributed by atoms with Gasteiger partial charge in [0, 0.05) is 24.6 Å². The molecule has 0 spiro atoms. The molecular weight excluding hydrogens is 206 g/mol. The van der Waals surface area contributed by atoms with E-state index in [2.05, 4.69) is 5.32 Å². The molecule has 0 heterocycles. The first-order valence-electron chi connectivity index (χ1n) is 4.55. The van der Waals surface area contributed by atoms with Crippen molar-refractivity contribution in [2.75, 3.05) is 51.0 Å². The van der Waals surface area contributed by atoms with Gasteiger partial charge in [-0.2, -0.15) is 11.8 Å². The van der Waals surface area contributed by atoms with Crippen LogP contribution in [-0.4, -0.2) is 71.4 Å². The first-order valence-corrected chi connectivity index (χ1v) is 5.70. The third-order valence-corrected chi connectivity index (χ3v) is 1.99. The zero-order valence-corrected chi connectivity index (χ0v) is 9.17. The molecule has 0 amide bonds. The van der Waals surface area contributed by atoms with Crippen LogP contribution in [0.2, 0.25) is 0 Å². The molecule has 0 unspecified atom stereocenters. The van der Waals surface area contributed by atoms with Gasteiger partial charge >= 0.3 is 0 Å². The lowest BCUT2D eigenvalue weighted by Gasteiger charge is -1.94. The summed E-state index contributed by atoms with van der Waals surface area (Å²) in [6.45, 7) is 1.84. The van der Waals surface area contributed by atoms with E-state index in [1.54, 1.807) is 11.8 Å². The van der Waals surface area contributed by atoms with Gasteiger partial charge in [0.1, 0.15) is 0 Å². The van der Waals surface area contributed by atoms with E-state index in [1.165, 1.54) is 0 Å². The van der Waals surface area contributed by atoms with Gasteiger partial charge in [-0.25, -0.2) is 0 Å². The number of aliphatic hydroxyl groups is 4. The molecule has 5 N–H and O–H groups in total. The highest BCUT2D eigenvalue weighted by Crippen LogP contribution is 1.94. The highest BCUT2D eigenvalue weighted by Gasteiger charge is 1.81. The minimum atomic E-state index is 0.139. The first-order chi connectivity index (χ1) is 6.83. The van der Waals surface area contributed by atoms with Crippen molar-refractivity contribution in [1.29, 1.82) is 0 Å². The fourth-order valence-electron chi connectivity index (χ4n) is 0.514. The van der Waals surface area contributed by atoms with Gasteiger partial charge in [0.15, 0.2) is 0 Å². The van der Waals surface area contributed by atoms with Crippen LogP contribution in [0.1, 0.15) is 0 Å². The lowest BCUT2D eigenvalue weighted by atomic mass is 10.6. The van der Waals surface area contributed by atoms with E-state index in [4.69, 9.17) is 20.4 Å². The zero-order chi connectivity index (χ0) is 11.1. The average Bonchev–Trinajstić information content (AvgIpc) is 2.21. The number of thioether (sulfide) groups is 1. The van der Waals surface area contributed by atoms with Crippen LogP contribution in [0, 0.1) is 0 Å². The Morgan fingerprint density at radius 2 is 1.14 bits per heavy atom. The van der Waals surface area contributed by atoms with Gasteiger partial charge in [0.05, 0.1) is 26.4 Å². The van der Waals surface area contributed by atoms with Crippen LogP contribution >= 0.6 is 11.8 Å². The van der Waals surface area contributed by atoms with Crippen molar-refractivity contribution in [3.63, 3.8) is 0 Å². The lowest BCUT2D eigenvalue weighted by Crippen LogP contribution is -2.21. The number of hydrogen-bond acceptors (Lipinski definition) is 6. The molecule has 6 heteroatoms. The maximum absolute atomic E-state index is 8.19. The smallest absolute Gasteiger partial charge is 0.0555 e. The summed E-state index contributed by atoms with van der Waals surface area (Å²) >= 11 is 1.55. The number of aliphatic hydroxyl groups excluding tert-OH is 4. The first kappa shape index (κ1) is 16.6. The molecule has 88 valence electrons. The summed E-state index contributed by atoms with van der Waals surface area (Å²) in [6.07, 6.45) is 0. The Balaban J connectivity index is 0. The topological polar surface area (TPSA) is 93.0 Å². The molecule has 0 saturated carbocycles.